The van der Waals surface area contributed by atoms with E-state index in [1.54, 1.807) is 0 Å². The molecule has 0 saturated heterocycles. The number of halogens is 1. The van der Waals surface area contributed by atoms with Crippen molar-refractivity contribution in [2.75, 3.05) is 52.8 Å². The Balaban J connectivity index is 2.26. The van der Waals surface area contributed by atoms with Crippen molar-refractivity contribution in [1.82, 2.24) is 14.9 Å². The van der Waals surface area contributed by atoms with Crippen LogP contribution >= 0.6 is 11.6 Å². The van der Waals surface area contributed by atoms with Crippen LogP contribution in [0.1, 0.15) is 0 Å². The van der Waals surface area contributed by atoms with E-state index in [-0.39, 0.29) is 6.01 Å². The molecule has 102 valence electrons. The third-order valence-electron chi connectivity index (χ3n) is 2.13. The lowest BCUT2D eigenvalue weighted by Gasteiger charge is -2.11. The van der Waals surface area contributed by atoms with Gasteiger partial charge in [0.15, 0.2) is 5.82 Å². The highest BCUT2D eigenvalue weighted by molar-refractivity contribution is 6.32. The van der Waals surface area contributed by atoms with Crippen LogP contribution in [-0.2, 0) is 4.74 Å². The van der Waals surface area contributed by atoms with Crippen LogP contribution in [0.4, 0.5) is 5.82 Å². The Labute approximate surface area is 112 Å². The summed E-state index contributed by atoms with van der Waals surface area (Å²) in [6.07, 6.45) is 1.50. The number of nitrogens with zero attached hydrogens (tertiary/aromatic N) is 3. The van der Waals surface area contributed by atoms with Gasteiger partial charge >= 0.3 is 6.01 Å². The molecule has 1 rings (SSSR count). The van der Waals surface area contributed by atoms with Crippen LogP contribution in [0.5, 0.6) is 6.01 Å². The van der Waals surface area contributed by atoms with Crippen LogP contribution in [0.2, 0.25) is 5.02 Å². The van der Waals surface area contributed by atoms with Crippen molar-refractivity contribution in [2.45, 2.75) is 0 Å². The molecule has 0 unspecified atom stereocenters. The third kappa shape index (κ3) is 5.48. The number of hydrogen-bond acceptors (Lipinski definition) is 6. The maximum Gasteiger partial charge on any atom is 0.318 e. The van der Waals surface area contributed by atoms with E-state index in [4.69, 9.17) is 21.1 Å². The average Bonchev–Trinajstić information content (AvgIpc) is 2.35. The van der Waals surface area contributed by atoms with Gasteiger partial charge in [0, 0.05) is 13.1 Å². The number of likely N-dealkylation sites (N-methyl/N-ethyl adjacent to an activating group) is 1. The number of methoxy groups -OCH3 is 1. The highest BCUT2D eigenvalue weighted by atomic mass is 35.5. The first-order valence-electron chi connectivity index (χ1n) is 5.66. The second kappa shape index (κ2) is 8.07. The van der Waals surface area contributed by atoms with Crippen molar-refractivity contribution < 1.29 is 9.47 Å². The van der Waals surface area contributed by atoms with E-state index in [2.05, 4.69) is 20.2 Å². The highest BCUT2D eigenvalue weighted by Gasteiger charge is 2.04. The van der Waals surface area contributed by atoms with Gasteiger partial charge in [-0.1, -0.05) is 11.6 Å². The van der Waals surface area contributed by atoms with Gasteiger partial charge in [-0.15, -0.1) is 0 Å². The summed E-state index contributed by atoms with van der Waals surface area (Å²) in [5.41, 5.74) is 0. The van der Waals surface area contributed by atoms with Gasteiger partial charge in [0.25, 0.3) is 0 Å². The quantitative estimate of drug-likeness (QED) is 0.717. The fourth-order valence-corrected chi connectivity index (χ4v) is 1.32. The normalized spacial score (nSPS) is 10.7. The maximum atomic E-state index is 5.94. The summed E-state index contributed by atoms with van der Waals surface area (Å²) in [6.45, 7) is 2.83. The van der Waals surface area contributed by atoms with Gasteiger partial charge in [-0.25, -0.2) is 4.98 Å². The first-order chi connectivity index (χ1) is 8.63. The molecular weight excluding hydrogens is 256 g/mol. The summed E-state index contributed by atoms with van der Waals surface area (Å²) in [4.78, 5) is 10.1. The lowest BCUT2D eigenvalue weighted by Crippen LogP contribution is -2.20. The van der Waals surface area contributed by atoms with E-state index < -0.39 is 0 Å². The number of nitrogens with one attached hydrogen (secondary N) is 1. The summed E-state index contributed by atoms with van der Waals surface area (Å²) in [5, 5.41) is 3.54. The van der Waals surface area contributed by atoms with Crippen LogP contribution in [-0.4, -0.2) is 62.4 Å². The van der Waals surface area contributed by atoms with Crippen molar-refractivity contribution in [3.63, 3.8) is 0 Å². The van der Waals surface area contributed by atoms with E-state index in [1.165, 1.54) is 13.3 Å². The maximum absolute atomic E-state index is 5.94. The molecule has 1 aromatic rings. The lowest BCUT2D eigenvalue weighted by atomic mass is 10.5. The predicted octanol–water partition coefficient (Wildman–Crippen LogP) is 1.13. The molecular formula is C11H19ClN4O2. The highest BCUT2D eigenvalue weighted by Crippen LogP contribution is 2.19. The van der Waals surface area contributed by atoms with Gasteiger partial charge in [-0.05, 0) is 14.1 Å². The number of rotatable bonds is 8. The molecule has 0 radical (unpaired) electrons. The van der Waals surface area contributed by atoms with Crippen molar-refractivity contribution in [3.05, 3.63) is 11.2 Å². The summed E-state index contributed by atoms with van der Waals surface area (Å²) < 4.78 is 10.4. The molecule has 0 aliphatic heterocycles. The molecule has 0 aliphatic carbocycles. The Morgan fingerprint density at radius 2 is 2.17 bits per heavy atom. The second-order valence-electron chi connectivity index (χ2n) is 3.90. The Hall–Kier alpha value is -1.11. The number of ether oxygens (including phenoxy) is 2. The van der Waals surface area contributed by atoms with Crippen LogP contribution < -0.4 is 10.1 Å². The molecule has 0 amide bonds. The smallest absolute Gasteiger partial charge is 0.318 e. The lowest BCUT2D eigenvalue weighted by molar-refractivity contribution is 0.126. The average molecular weight is 275 g/mol. The molecule has 0 spiro atoms. The van der Waals surface area contributed by atoms with Gasteiger partial charge in [0.2, 0.25) is 0 Å². The molecule has 0 atom stereocenters. The summed E-state index contributed by atoms with van der Waals surface area (Å²) in [5.74, 6) is 0.555. The predicted molar refractivity (Wildman–Crippen MR) is 71.5 cm³/mol. The number of aromatic nitrogens is 2. The molecule has 1 N–H and O–H groups in total. The van der Waals surface area contributed by atoms with Crippen molar-refractivity contribution in [1.29, 1.82) is 0 Å². The second-order valence-corrected chi connectivity index (χ2v) is 4.30. The Kier molecular flexibility index (Phi) is 6.70. The van der Waals surface area contributed by atoms with Gasteiger partial charge < -0.3 is 19.7 Å². The zero-order valence-electron chi connectivity index (χ0n) is 10.9. The standard InChI is InChI=1S/C11H19ClN4O2/c1-16(2)5-7-18-6-4-13-10-9(12)8-14-11(15-10)17-3/h8H,4-7H2,1-3H3,(H,13,14,15). The molecule has 1 heterocycles. The van der Waals surface area contributed by atoms with E-state index in [1.807, 2.05) is 14.1 Å². The van der Waals surface area contributed by atoms with Crippen molar-refractivity contribution in [2.24, 2.45) is 0 Å². The first-order valence-corrected chi connectivity index (χ1v) is 6.04. The Morgan fingerprint density at radius 1 is 1.39 bits per heavy atom. The molecule has 18 heavy (non-hydrogen) atoms. The van der Waals surface area contributed by atoms with E-state index >= 15 is 0 Å². The minimum Gasteiger partial charge on any atom is -0.467 e. The third-order valence-corrected chi connectivity index (χ3v) is 2.40. The van der Waals surface area contributed by atoms with Gasteiger partial charge in [0.05, 0.1) is 26.5 Å². The number of anilines is 1. The van der Waals surface area contributed by atoms with Crippen LogP contribution in [0.3, 0.4) is 0 Å². The van der Waals surface area contributed by atoms with Crippen molar-refractivity contribution in [3.8, 4) is 6.01 Å². The molecule has 0 fully saturated rings. The zero-order valence-corrected chi connectivity index (χ0v) is 11.7. The first kappa shape index (κ1) is 14.9. The van der Waals surface area contributed by atoms with E-state index in [9.17, 15) is 0 Å². The van der Waals surface area contributed by atoms with Crippen LogP contribution in [0.25, 0.3) is 0 Å². The number of hydrogen-bond donors (Lipinski definition) is 1. The molecule has 7 heteroatoms. The fraction of sp³-hybridized carbons (Fsp3) is 0.636. The van der Waals surface area contributed by atoms with Crippen LogP contribution in [0, 0.1) is 0 Å². The summed E-state index contributed by atoms with van der Waals surface area (Å²) in [6, 6.07) is 0.287. The topological polar surface area (TPSA) is 59.5 Å². The summed E-state index contributed by atoms with van der Waals surface area (Å²) in [7, 11) is 5.53. The van der Waals surface area contributed by atoms with Crippen molar-refractivity contribution >= 4 is 17.4 Å². The van der Waals surface area contributed by atoms with Gasteiger partial charge in [-0.3, -0.25) is 0 Å². The fourth-order valence-electron chi connectivity index (χ4n) is 1.16. The Bertz CT molecular complexity index is 363. The minimum absolute atomic E-state index is 0.287. The van der Waals surface area contributed by atoms with Crippen LogP contribution in [0.15, 0.2) is 6.20 Å². The SMILES string of the molecule is COc1ncc(Cl)c(NCCOCCN(C)C)n1. The van der Waals surface area contributed by atoms with E-state index in [0.29, 0.717) is 30.6 Å². The molecule has 1 aromatic heterocycles. The molecule has 6 nitrogen and oxygen atoms in total. The minimum atomic E-state index is 0.287. The van der Waals surface area contributed by atoms with E-state index in [0.717, 1.165) is 6.54 Å². The largest absolute Gasteiger partial charge is 0.467 e. The summed E-state index contributed by atoms with van der Waals surface area (Å²) >= 11 is 5.94. The molecule has 0 saturated carbocycles. The monoisotopic (exact) mass is 274 g/mol. The zero-order chi connectivity index (χ0) is 13.4. The molecule has 0 bridgehead atoms. The molecule has 0 aliphatic rings. The van der Waals surface area contributed by atoms with Gasteiger partial charge in [0.1, 0.15) is 5.02 Å². The molecule has 0 aromatic carbocycles. The van der Waals surface area contributed by atoms with Gasteiger partial charge in [-0.2, -0.15) is 4.98 Å². The Morgan fingerprint density at radius 3 is 2.83 bits per heavy atom.